The van der Waals surface area contributed by atoms with Crippen molar-refractivity contribution >= 4 is 17.7 Å². The van der Waals surface area contributed by atoms with Gasteiger partial charge in [-0.1, -0.05) is 52.2 Å². The SMILES string of the molecule is CCCCc1ccc(S(=O)(=O)N=[P+](CCCC)CCCC)cc1. The Morgan fingerprint density at radius 1 is 0.870 bits per heavy atom. The summed E-state index contributed by atoms with van der Waals surface area (Å²) >= 11 is 0. The van der Waals surface area contributed by atoms with Crippen LogP contribution in [0.5, 0.6) is 0 Å². The monoisotopic (exact) mass is 356 g/mol. The van der Waals surface area contributed by atoms with Crippen LogP contribution in [0.3, 0.4) is 0 Å². The number of hydrogen-bond acceptors (Lipinski definition) is 2. The molecule has 0 amide bonds. The number of rotatable bonds is 11. The second-order valence-corrected chi connectivity index (χ2v) is 9.95. The van der Waals surface area contributed by atoms with Crippen LogP contribution >= 0.6 is 7.71 Å². The molecule has 0 fully saturated rings. The van der Waals surface area contributed by atoms with Crippen LogP contribution in [-0.4, -0.2) is 20.7 Å². The minimum atomic E-state index is -3.50. The fraction of sp³-hybridized carbons (Fsp3) is 0.667. The van der Waals surface area contributed by atoms with Gasteiger partial charge in [-0.3, -0.25) is 0 Å². The highest BCUT2D eigenvalue weighted by Gasteiger charge is 2.21. The number of benzene rings is 1. The van der Waals surface area contributed by atoms with Gasteiger partial charge in [-0.2, -0.15) is 8.42 Å². The molecule has 0 N–H and O–H groups in total. The summed E-state index contributed by atoms with van der Waals surface area (Å²) in [6.07, 6.45) is 9.45. The van der Waals surface area contributed by atoms with Gasteiger partial charge in [0, 0.05) is 4.15 Å². The van der Waals surface area contributed by atoms with Crippen LogP contribution < -0.4 is 0 Å². The number of nitrogens with zero attached hydrogens (tertiary/aromatic N) is 1. The number of sulfonamides is 1. The molecule has 3 nitrogen and oxygen atoms in total. The van der Waals surface area contributed by atoms with Gasteiger partial charge in [-0.25, -0.2) is 0 Å². The first kappa shape index (κ1) is 20.3. The van der Waals surface area contributed by atoms with E-state index >= 15 is 0 Å². The molecule has 0 aliphatic carbocycles. The lowest BCUT2D eigenvalue weighted by Crippen LogP contribution is -1.97. The van der Waals surface area contributed by atoms with E-state index in [0.717, 1.165) is 57.3 Å². The summed E-state index contributed by atoms with van der Waals surface area (Å²) in [6.45, 7) is 6.43. The summed E-state index contributed by atoms with van der Waals surface area (Å²) in [5.74, 6) is 0. The van der Waals surface area contributed by atoms with E-state index in [9.17, 15) is 8.42 Å². The van der Waals surface area contributed by atoms with Crippen LogP contribution in [-0.2, 0) is 16.4 Å². The van der Waals surface area contributed by atoms with Crippen molar-refractivity contribution in [2.45, 2.75) is 70.6 Å². The zero-order chi connectivity index (χ0) is 17.1. The molecule has 0 heterocycles. The normalized spacial score (nSPS) is 11.4. The van der Waals surface area contributed by atoms with Gasteiger partial charge in [0.2, 0.25) is 7.71 Å². The van der Waals surface area contributed by atoms with E-state index < -0.39 is 17.7 Å². The Labute approximate surface area is 143 Å². The Kier molecular flexibility index (Phi) is 9.66. The van der Waals surface area contributed by atoms with Crippen LogP contribution in [0, 0.1) is 0 Å². The van der Waals surface area contributed by atoms with Crippen molar-refractivity contribution < 1.29 is 8.42 Å². The van der Waals surface area contributed by atoms with E-state index in [0.29, 0.717) is 4.90 Å². The molecule has 130 valence electrons. The molecule has 0 atom stereocenters. The Hall–Kier alpha value is -0.730. The van der Waals surface area contributed by atoms with Crippen molar-refractivity contribution in [3.63, 3.8) is 0 Å². The Bertz CT molecular complexity index is 570. The molecule has 0 radical (unpaired) electrons. The number of hydrogen-bond donors (Lipinski definition) is 0. The Morgan fingerprint density at radius 3 is 1.87 bits per heavy atom. The topological polar surface area (TPSA) is 46.5 Å². The molecule has 0 bridgehead atoms. The fourth-order valence-electron chi connectivity index (χ4n) is 2.28. The molecular weight excluding hydrogens is 325 g/mol. The summed E-state index contributed by atoms with van der Waals surface area (Å²) in [6, 6.07) is 7.30. The highest BCUT2D eigenvalue weighted by molar-refractivity contribution is 7.92. The lowest BCUT2D eigenvalue weighted by molar-refractivity contribution is 0.598. The molecule has 1 aromatic carbocycles. The highest BCUT2D eigenvalue weighted by Crippen LogP contribution is 2.32. The molecule has 0 spiro atoms. The zero-order valence-electron chi connectivity index (χ0n) is 14.8. The molecule has 1 aromatic rings. The summed E-state index contributed by atoms with van der Waals surface area (Å²) in [5, 5.41) is 0. The lowest BCUT2D eigenvalue weighted by Gasteiger charge is -2.02. The van der Waals surface area contributed by atoms with Gasteiger partial charge >= 0.3 is 10.0 Å². The fourth-order valence-corrected chi connectivity index (χ4v) is 6.60. The van der Waals surface area contributed by atoms with Crippen molar-refractivity contribution in [1.29, 1.82) is 0 Å². The van der Waals surface area contributed by atoms with Gasteiger partial charge in [0.05, 0.1) is 4.90 Å². The summed E-state index contributed by atoms with van der Waals surface area (Å²) in [4.78, 5) is 0.346. The van der Waals surface area contributed by atoms with E-state index in [1.54, 1.807) is 12.1 Å². The zero-order valence-corrected chi connectivity index (χ0v) is 16.5. The predicted octanol–water partition coefficient (Wildman–Crippen LogP) is 5.98. The summed E-state index contributed by atoms with van der Waals surface area (Å²) in [5.41, 5.74) is 1.20. The third-order valence-electron chi connectivity index (χ3n) is 3.80. The molecule has 0 aliphatic heterocycles. The first-order valence-electron chi connectivity index (χ1n) is 8.85. The molecule has 0 aliphatic rings. The largest absolute Gasteiger partial charge is 0.316 e. The first-order valence-corrected chi connectivity index (χ1v) is 12.0. The predicted molar refractivity (Wildman–Crippen MR) is 101 cm³/mol. The molecule has 23 heavy (non-hydrogen) atoms. The number of unbranched alkanes of at least 4 members (excludes halogenated alkanes) is 3. The maximum atomic E-state index is 12.5. The van der Waals surface area contributed by atoms with Crippen LogP contribution in [0.4, 0.5) is 0 Å². The van der Waals surface area contributed by atoms with Gasteiger partial charge in [0.25, 0.3) is 0 Å². The standard InChI is InChI=1S/C18H31NO2PS/c1-4-7-10-17-11-13-18(14-12-17)23(20,21)19-22(15-8-5-2)16-9-6-3/h11-14H,4-10,15-16H2,1-3H3/q+1. The maximum absolute atomic E-state index is 12.5. The van der Waals surface area contributed by atoms with Crippen LogP contribution in [0.25, 0.3) is 0 Å². The quantitative estimate of drug-likeness (QED) is 0.458. The van der Waals surface area contributed by atoms with Crippen LogP contribution in [0.1, 0.15) is 64.9 Å². The third-order valence-corrected chi connectivity index (χ3v) is 8.12. The van der Waals surface area contributed by atoms with E-state index in [4.69, 9.17) is 0 Å². The first-order chi connectivity index (χ1) is 11.0. The summed E-state index contributed by atoms with van der Waals surface area (Å²) in [7, 11) is -4.27. The van der Waals surface area contributed by atoms with Crippen molar-refractivity contribution in [1.82, 2.24) is 0 Å². The van der Waals surface area contributed by atoms with E-state index in [1.807, 2.05) is 12.1 Å². The average Bonchev–Trinajstić information content (AvgIpc) is 2.55. The molecule has 0 saturated heterocycles. The van der Waals surface area contributed by atoms with E-state index in [-0.39, 0.29) is 0 Å². The molecule has 0 aromatic heterocycles. The van der Waals surface area contributed by atoms with Crippen molar-refractivity contribution in [2.24, 2.45) is 4.15 Å². The molecule has 5 heteroatoms. The van der Waals surface area contributed by atoms with Crippen molar-refractivity contribution in [3.05, 3.63) is 29.8 Å². The van der Waals surface area contributed by atoms with Gasteiger partial charge < -0.3 is 0 Å². The molecule has 1 rings (SSSR count). The van der Waals surface area contributed by atoms with Crippen molar-refractivity contribution in [2.75, 3.05) is 12.3 Å². The Balaban J connectivity index is 2.90. The van der Waals surface area contributed by atoms with Crippen LogP contribution in [0.2, 0.25) is 0 Å². The van der Waals surface area contributed by atoms with E-state index in [2.05, 4.69) is 24.9 Å². The lowest BCUT2D eigenvalue weighted by atomic mass is 10.1. The van der Waals surface area contributed by atoms with Crippen LogP contribution in [0.15, 0.2) is 33.3 Å². The van der Waals surface area contributed by atoms with Gasteiger partial charge in [0.15, 0.2) is 0 Å². The van der Waals surface area contributed by atoms with Gasteiger partial charge in [0.1, 0.15) is 12.3 Å². The molecule has 0 saturated carbocycles. The third kappa shape index (κ3) is 7.58. The number of aryl methyl sites for hydroxylation is 1. The average molecular weight is 356 g/mol. The molecule has 0 unspecified atom stereocenters. The van der Waals surface area contributed by atoms with E-state index in [1.165, 1.54) is 5.56 Å². The minimum Gasteiger partial charge on any atom is -0.196 e. The van der Waals surface area contributed by atoms with Gasteiger partial charge in [-0.05, 0) is 43.4 Å². The Morgan fingerprint density at radius 2 is 1.39 bits per heavy atom. The minimum absolute atomic E-state index is 0.346. The second-order valence-electron chi connectivity index (χ2n) is 5.96. The molecular formula is C18H31NO2PS+. The van der Waals surface area contributed by atoms with Gasteiger partial charge in [-0.15, -0.1) is 0 Å². The maximum Gasteiger partial charge on any atom is 0.316 e. The second kappa shape index (κ2) is 10.9. The highest BCUT2D eigenvalue weighted by atomic mass is 32.2. The smallest absolute Gasteiger partial charge is 0.196 e. The summed E-state index contributed by atoms with van der Waals surface area (Å²) < 4.78 is 29.4. The van der Waals surface area contributed by atoms with Crippen molar-refractivity contribution in [3.8, 4) is 0 Å².